The van der Waals surface area contributed by atoms with Gasteiger partial charge in [0, 0.05) is 11.1 Å². The second kappa shape index (κ2) is 3.64. The third-order valence-corrected chi connectivity index (χ3v) is 2.51. The van der Waals surface area contributed by atoms with Gasteiger partial charge in [0.25, 0.3) is 0 Å². The Labute approximate surface area is 88.4 Å². The van der Waals surface area contributed by atoms with E-state index in [-0.39, 0.29) is 13.2 Å². The Kier molecular flexibility index (Phi) is 2.46. The van der Waals surface area contributed by atoms with Crippen LogP contribution in [0.5, 0.6) is 0 Å². The largest absolute Gasteiger partial charge is 0.394 e. The zero-order chi connectivity index (χ0) is 10.9. The molecule has 1 atom stereocenters. The van der Waals surface area contributed by atoms with E-state index >= 15 is 0 Å². The molecule has 0 radical (unpaired) electrons. The van der Waals surface area contributed by atoms with E-state index < -0.39 is 5.72 Å². The number of hydrogen-bond donors (Lipinski definition) is 2. The van der Waals surface area contributed by atoms with Crippen LogP contribution in [0.4, 0.5) is 0 Å². The lowest BCUT2D eigenvalue weighted by Gasteiger charge is -2.22. The summed E-state index contributed by atoms with van der Waals surface area (Å²) in [5, 5.41) is 8.75. The third-order valence-electron chi connectivity index (χ3n) is 2.51. The fourth-order valence-electron chi connectivity index (χ4n) is 1.82. The first-order chi connectivity index (χ1) is 7.17. The van der Waals surface area contributed by atoms with Crippen molar-refractivity contribution >= 4 is 5.84 Å². The van der Waals surface area contributed by atoms with Crippen molar-refractivity contribution in [3.63, 3.8) is 0 Å². The summed E-state index contributed by atoms with van der Waals surface area (Å²) in [6.45, 7) is 2.08. The van der Waals surface area contributed by atoms with Gasteiger partial charge in [0.1, 0.15) is 5.84 Å². The number of nitrogens with zero attached hydrogens (tertiary/aromatic N) is 1. The lowest BCUT2D eigenvalue weighted by Crippen LogP contribution is -2.23. The number of rotatable bonds is 3. The molecule has 1 aliphatic rings. The Morgan fingerprint density at radius 3 is 2.93 bits per heavy atom. The molecule has 0 saturated heterocycles. The van der Waals surface area contributed by atoms with Gasteiger partial charge in [0.05, 0.1) is 13.2 Å². The normalized spacial score (nSPS) is 23.7. The van der Waals surface area contributed by atoms with Crippen molar-refractivity contribution in [2.45, 2.75) is 12.6 Å². The number of fused-ring (bicyclic) bond motifs is 1. The van der Waals surface area contributed by atoms with Crippen molar-refractivity contribution in [2.75, 3.05) is 13.2 Å². The Balaban J connectivity index is 2.37. The van der Waals surface area contributed by atoms with E-state index in [9.17, 15) is 0 Å². The fourth-order valence-corrected chi connectivity index (χ4v) is 1.82. The van der Waals surface area contributed by atoms with Crippen LogP contribution in [-0.4, -0.2) is 24.2 Å². The first-order valence-corrected chi connectivity index (χ1v) is 4.87. The molecule has 0 amide bonds. The lowest BCUT2D eigenvalue weighted by molar-refractivity contribution is -0.0416. The van der Waals surface area contributed by atoms with Gasteiger partial charge in [-0.05, 0) is 6.92 Å². The van der Waals surface area contributed by atoms with Gasteiger partial charge in [0.15, 0.2) is 5.72 Å². The van der Waals surface area contributed by atoms with E-state index in [4.69, 9.17) is 15.6 Å². The predicted molar refractivity (Wildman–Crippen MR) is 57.6 cm³/mol. The molecule has 0 saturated carbocycles. The second-order valence-electron chi connectivity index (χ2n) is 3.60. The summed E-state index contributed by atoms with van der Waals surface area (Å²) in [6, 6.07) is 7.70. The molecular formula is C11H14N2O2. The van der Waals surface area contributed by atoms with E-state index in [2.05, 4.69) is 4.99 Å². The maximum absolute atomic E-state index is 8.75. The van der Waals surface area contributed by atoms with Crippen molar-refractivity contribution in [1.82, 2.24) is 0 Å². The molecule has 0 bridgehead atoms. The highest BCUT2D eigenvalue weighted by atomic mass is 16.5. The number of benzene rings is 1. The summed E-state index contributed by atoms with van der Waals surface area (Å²) < 4.78 is 5.52. The Morgan fingerprint density at radius 1 is 1.47 bits per heavy atom. The fraction of sp³-hybridized carbons (Fsp3) is 0.364. The summed E-state index contributed by atoms with van der Waals surface area (Å²) in [6.07, 6.45) is 0. The molecule has 0 aromatic heterocycles. The van der Waals surface area contributed by atoms with Crippen LogP contribution in [-0.2, 0) is 10.5 Å². The Morgan fingerprint density at radius 2 is 2.20 bits per heavy atom. The molecule has 3 N–H and O–H groups in total. The SMILES string of the molecule is CC1(OCCO)N=C(N)c2ccccc21. The molecule has 0 spiro atoms. The summed E-state index contributed by atoms with van der Waals surface area (Å²) in [5.41, 5.74) is 6.92. The molecule has 1 aliphatic heterocycles. The van der Waals surface area contributed by atoms with Gasteiger partial charge in [0.2, 0.25) is 0 Å². The minimum Gasteiger partial charge on any atom is -0.394 e. The standard InChI is InChI=1S/C11H14N2O2/c1-11(15-7-6-14)9-5-3-2-4-8(9)10(12)13-11/h2-5,14H,6-7H2,1H3,(H2,12,13). The number of amidine groups is 1. The topological polar surface area (TPSA) is 67.8 Å². The van der Waals surface area contributed by atoms with Crippen LogP contribution in [0.25, 0.3) is 0 Å². The molecule has 1 heterocycles. The van der Waals surface area contributed by atoms with Gasteiger partial charge in [-0.2, -0.15) is 0 Å². The first-order valence-electron chi connectivity index (χ1n) is 4.87. The second-order valence-corrected chi connectivity index (χ2v) is 3.60. The molecule has 2 rings (SSSR count). The molecule has 0 aliphatic carbocycles. The van der Waals surface area contributed by atoms with E-state index in [0.29, 0.717) is 5.84 Å². The smallest absolute Gasteiger partial charge is 0.185 e. The zero-order valence-corrected chi connectivity index (χ0v) is 8.60. The molecule has 4 nitrogen and oxygen atoms in total. The van der Waals surface area contributed by atoms with Crippen LogP contribution in [0, 0.1) is 0 Å². The van der Waals surface area contributed by atoms with Crippen molar-refractivity contribution in [1.29, 1.82) is 0 Å². The minimum atomic E-state index is -0.747. The summed E-state index contributed by atoms with van der Waals surface area (Å²) in [5.74, 6) is 0.492. The van der Waals surface area contributed by atoms with E-state index in [0.717, 1.165) is 11.1 Å². The number of ether oxygens (including phenoxy) is 1. The minimum absolute atomic E-state index is 0.0207. The first kappa shape index (κ1) is 10.1. The molecular weight excluding hydrogens is 192 g/mol. The van der Waals surface area contributed by atoms with Gasteiger partial charge in [-0.1, -0.05) is 24.3 Å². The highest BCUT2D eigenvalue weighted by molar-refractivity contribution is 6.01. The van der Waals surface area contributed by atoms with Gasteiger partial charge in [-0.25, -0.2) is 4.99 Å². The summed E-state index contributed by atoms with van der Waals surface area (Å²) in [4.78, 5) is 4.29. The molecule has 0 fully saturated rings. The number of aliphatic hydroxyl groups excluding tert-OH is 1. The molecule has 1 aromatic carbocycles. The van der Waals surface area contributed by atoms with Crippen LogP contribution >= 0.6 is 0 Å². The van der Waals surface area contributed by atoms with Gasteiger partial charge in [-0.15, -0.1) is 0 Å². The molecule has 1 unspecified atom stereocenters. The van der Waals surface area contributed by atoms with Crippen LogP contribution in [0.1, 0.15) is 18.1 Å². The van der Waals surface area contributed by atoms with Crippen molar-refractivity contribution in [2.24, 2.45) is 10.7 Å². The maximum atomic E-state index is 8.75. The van der Waals surface area contributed by atoms with Gasteiger partial charge in [-0.3, -0.25) is 0 Å². The van der Waals surface area contributed by atoms with Crippen LogP contribution in [0.3, 0.4) is 0 Å². The average Bonchev–Trinajstić information content (AvgIpc) is 2.50. The van der Waals surface area contributed by atoms with Gasteiger partial charge < -0.3 is 15.6 Å². The van der Waals surface area contributed by atoms with Crippen molar-refractivity contribution < 1.29 is 9.84 Å². The summed E-state index contributed by atoms with van der Waals surface area (Å²) in [7, 11) is 0. The molecule has 15 heavy (non-hydrogen) atoms. The zero-order valence-electron chi connectivity index (χ0n) is 8.60. The number of hydrogen-bond acceptors (Lipinski definition) is 4. The van der Waals surface area contributed by atoms with E-state index in [1.54, 1.807) is 0 Å². The monoisotopic (exact) mass is 206 g/mol. The van der Waals surface area contributed by atoms with Crippen LogP contribution in [0.15, 0.2) is 29.3 Å². The third kappa shape index (κ3) is 1.62. The Hall–Kier alpha value is -1.39. The highest BCUT2D eigenvalue weighted by Gasteiger charge is 2.35. The predicted octanol–water partition coefficient (Wildman–Crippen LogP) is 0.587. The van der Waals surface area contributed by atoms with E-state index in [1.165, 1.54) is 0 Å². The molecule has 80 valence electrons. The Bertz CT molecular complexity index is 403. The number of aliphatic hydroxyl groups is 1. The molecule has 4 heteroatoms. The average molecular weight is 206 g/mol. The number of aliphatic imine (C=N–C) groups is 1. The maximum Gasteiger partial charge on any atom is 0.185 e. The quantitative estimate of drug-likeness (QED) is 0.760. The summed E-state index contributed by atoms with van der Waals surface area (Å²) >= 11 is 0. The highest BCUT2D eigenvalue weighted by Crippen LogP contribution is 2.34. The van der Waals surface area contributed by atoms with E-state index in [1.807, 2.05) is 31.2 Å². The number of nitrogens with two attached hydrogens (primary N) is 1. The van der Waals surface area contributed by atoms with Gasteiger partial charge >= 0.3 is 0 Å². The van der Waals surface area contributed by atoms with Crippen molar-refractivity contribution in [3.05, 3.63) is 35.4 Å². The van der Waals surface area contributed by atoms with Crippen LogP contribution in [0.2, 0.25) is 0 Å². The lowest BCUT2D eigenvalue weighted by atomic mass is 10.0. The molecule has 1 aromatic rings. The van der Waals surface area contributed by atoms with Crippen LogP contribution < -0.4 is 5.73 Å². The van der Waals surface area contributed by atoms with Crippen molar-refractivity contribution in [3.8, 4) is 0 Å².